The Morgan fingerprint density at radius 2 is 1.96 bits per heavy atom. The molecule has 3 atom stereocenters. The van der Waals surface area contributed by atoms with Crippen molar-refractivity contribution >= 4 is 12.1 Å². The lowest BCUT2D eigenvalue weighted by molar-refractivity contribution is -0.178. The summed E-state index contributed by atoms with van der Waals surface area (Å²) < 4.78 is 43.8. The lowest BCUT2D eigenvalue weighted by atomic mass is 9.90. The molecule has 1 amide bonds. The number of amides is 1. The van der Waals surface area contributed by atoms with Gasteiger partial charge in [0.2, 0.25) is 0 Å². The number of methoxy groups -OCH3 is 1. The van der Waals surface area contributed by atoms with Crippen LogP contribution in [0.15, 0.2) is 0 Å². The second-order valence-electron chi connectivity index (χ2n) is 6.07. The number of carbonyl (C=O) groups excluding carboxylic acids is 1. The van der Waals surface area contributed by atoms with Crippen LogP contribution in [0.4, 0.5) is 18.0 Å². The van der Waals surface area contributed by atoms with E-state index in [4.69, 9.17) is 5.11 Å². The van der Waals surface area contributed by atoms with E-state index in [1.165, 1.54) is 16.9 Å². The zero-order chi connectivity index (χ0) is 17.2. The van der Waals surface area contributed by atoms with Crippen molar-refractivity contribution in [2.45, 2.75) is 43.9 Å². The van der Waals surface area contributed by atoms with E-state index in [1.54, 1.807) is 0 Å². The quantitative estimate of drug-likeness (QED) is 0.852. The maximum absolute atomic E-state index is 13.1. The van der Waals surface area contributed by atoms with Gasteiger partial charge in [0.25, 0.3) is 0 Å². The van der Waals surface area contributed by atoms with Crippen molar-refractivity contribution in [2.75, 3.05) is 26.7 Å². The molecule has 2 saturated heterocycles. The van der Waals surface area contributed by atoms with Crippen LogP contribution >= 0.6 is 0 Å². The third-order valence-electron chi connectivity index (χ3n) is 4.66. The molecule has 2 aliphatic heterocycles. The molecule has 132 valence electrons. The largest absolute Gasteiger partial charge is 0.481 e. The van der Waals surface area contributed by atoms with Crippen LogP contribution in [0.25, 0.3) is 0 Å². The fourth-order valence-corrected chi connectivity index (χ4v) is 3.49. The molecule has 0 aromatic carbocycles. The van der Waals surface area contributed by atoms with E-state index in [1.807, 2.05) is 0 Å². The number of rotatable bonds is 3. The van der Waals surface area contributed by atoms with E-state index in [0.717, 1.165) is 0 Å². The summed E-state index contributed by atoms with van der Waals surface area (Å²) in [5.41, 5.74) is 0. The number of piperidine rings is 1. The maximum atomic E-state index is 13.1. The van der Waals surface area contributed by atoms with E-state index in [2.05, 4.69) is 4.74 Å². The number of carbonyl (C=O) groups is 2. The number of hydrogen-bond acceptors (Lipinski definition) is 4. The van der Waals surface area contributed by atoms with Crippen molar-refractivity contribution in [3.63, 3.8) is 0 Å². The molecule has 0 unspecified atom stereocenters. The lowest BCUT2D eigenvalue weighted by Gasteiger charge is -2.40. The number of nitrogens with zero attached hydrogens (tertiary/aromatic N) is 2. The second-order valence-corrected chi connectivity index (χ2v) is 6.07. The van der Waals surface area contributed by atoms with E-state index in [0.29, 0.717) is 13.0 Å². The molecule has 0 radical (unpaired) electrons. The van der Waals surface area contributed by atoms with Crippen LogP contribution < -0.4 is 0 Å². The van der Waals surface area contributed by atoms with Gasteiger partial charge in [0, 0.05) is 19.1 Å². The van der Waals surface area contributed by atoms with Gasteiger partial charge in [-0.1, -0.05) is 0 Å². The number of ether oxygens (including phenoxy) is 1. The fourth-order valence-electron chi connectivity index (χ4n) is 3.49. The number of alkyl halides is 3. The van der Waals surface area contributed by atoms with Crippen LogP contribution in [0.3, 0.4) is 0 Å². The van der Waals surface area contributed by atoms with Crippen molar-refractivity contribution in [1.82, 2.24) is 9.80 Å². The van der Waals surface area contributed by atoms with Gasteiger partial charge in [-0.2, -0.15) is 13.2 Å². The minimum Gasteiger partial charge on any atom is -0.481 e. The number of aliphatic carboxylic acids is 1. The first-order chi connectivity index (χ1) is 10.7. The average Bonchev–Trinajstić information content (AvgIpc) is 2.94. The molecule has 0 saturated carbocycles. The first kappa shape index (κ1) is 17.8. The topological polar surface area (TPSA) is 70.1 Å². The van der Waals surface area contributed by atoms with E-state index >= 15 is 0 Å². The molecule has 0 aliphatic carbocycles. The molecule has 1 N–H and O–H groups in total. The van der Waals surface area contributed by atoms with Crippen LogP contribution in [0.2, 0.25) is 0 Å². The normalized spacial score (nSPS) is 29.6. The summed E-state index contributed by atoms with van der Waals surface area (Å²) in [5.74, 6) is -1.62. The number of likely N-dealkylation sites (tertiary alicyclic amines) is 2. The molecule has 0 aromatic rings. The number of halogens is 3. The van der Waals surface area contributed by atoms with Crippen molar-refractivity contribution in [2.24, 2.45) is 5.92 Å². The molecule has 0 aromatic heterocycles. The average molecular weight is 338 g/mol. The molecule has 2 fully saturated rings. The van der Waals surface area contributed by atoms with Gasteiger partial charge >= 0.3 is 18.2 Å². The highest BCUT2D eigenvalue weighted by Gasteiger charge is 2.47. The number of hydrogen-bond donors (Lipinski definition) is 1. The van der Waals surface area contributed by atoms with Crippen LogP contribution in [0, 0.1) is 5.92 Å². The Bertz CT molecular complexity index is 458. The minimum absolute atomic E-state index is 0.0169. The van der Waals surface area contributed by atoms with Gasteiger partial charge in [0.15, 0.2) is 0 Å². The predicted molar refractivity (Wildman–Crippen MR) is 73.9 cm³/mol. The smallest absolute Gasteiger partial charge is 0.409 e. The highest BCUT2D eigenvalue weighted by atomic mass is 19.4. The van der Waals surface area contributed by atoms with Gasteiger partial charge < -0.3 is 14.7 Å². The molecule has 2 rings (SSSR count). The van der Waals surface area contributed by atoms with Crippen molar-refractivity contribution in [1.29, 1.82) is 0 Å². The van der Waals surface area contributed by atoms with Gasteiger partial charge in [-0.15, -0.1) is 0 Å². The molecular formula is C14H21F3N2O4. The summed E-state index contributed by atoms with van der Waals surface area (Å²) in [5, 5.41) is 9.15. The second kappa shape index (κ2) is 6.94. The Morgan fingerprint density at radius 1 is 1.26 bits per heavy atom. The Balaban J connectivity index is 2.11. The van der Waals surface area contributed by atoms with E-state index in [-0.39, 0.29) is 32.4 Å². The Kier molecular flexibility index (Phi) is 5.38. The molecule has 6 nitrogen and oxygen atoms in total. The van der Waals surface area contributed by atoms with E-state index < -0.39 is 36.2 Å². The fraction of sp³-hybridized carbons (Fsp3) is 0.857. The molecule has 0 bridgehead atoms. The molecule has 9 heteroatoms. The highest BCUT2D eigenvalue weighted by Crippen LogP contribution is 2.34. The van der Waals surface area contributed by atoms with Crippen LogP contribution in [-0.4, -0.2) is 72.0 Å². The molecule has 23 heavy (non-hydrogen) atoms. The van der Waals surface area contributed by atoms with E-state index in [9.17, 15) is 22.8 Å². The summed E-state index contributed by atoms with van der Waals surface area (Å²) in [7, 11) is 1.21. The Morgan fingerprint density at radius 3 is 2.52 bits per heavy atom. The van der Waals surface area contributed by atoms with Gasteiger partial charge in [0.1, 0.15) is 6.04 Å². The van der Waals surface area contributed by atoms with Crippen molar-refractivity contribution < 1.29 is 32.6 Å². The van der Waals surface area contributed by atoms with Crippen LogP contribution in [0.1, 0.15) is 25.7 Å². The Hall–Kier alpha value is -1.51. The number of carboxylic acid groups (broad SMARTS) is 1. The van der Waals surface area contributed by atoms with Crippen LogP contribution in [0.5, 0.6) is 0 Å². The third-order valence-corrected chi connectivity index (χ3v) is 4.66. The third kappa shape index (κ3) is 4.07. The van der Waals surface area contributed by atoms with Gasteiger partial charge in [-0.25, -0.2) is 4.79 Å². The summed E-state index contributed by atoms with van der Waals surface area (Å²) in [4.78, 5) is 25.7. The van der Waals surface area contributed by atoms with Gasteiger partial charge in [0.05, 0.1) is 13.0 Å². The molecule has 2 heterocycles. The zero-order valence-electron chi connectivity index (χ0n) is 12.9. The minimum atomic E-state index is -4.31. The molecular weight excluding hydrogens is 317 g/mol. The standard InChI is InChI=1S/C14H21F3N2O4/c1-23-13(22)19-6-4-9(12(20)21)7-10(19)8-18-5-2-3-11(18)14(15,16)17/h9-11H,2-8H2,1H3,(H,20,21)/t9-,10+,11+/m0/s1. The first-order valence-corrected chi connectivity index (χ1v) is 7.62. The molecule has 0 spiro atoms. The predicted octanol–water partition coefficient (Wildman–Crippen LogP) is 1.94. The maximum Gasteiger partial charge on any atom is 0.409 e. The highest BCUT2D eigenvalue weighted by molar-refractivity contribution is 5.72. The Labute approximate surface area is 132 Å². The van der Waals surface area contributed by atoms with Crippen molar-refractivity contribution in [3.8, 4) is 0 Å². The lowest BCUT2D eigenvalue weighted by Crippen LogP contribution is -2.54. The number of carboxylic acids is 1. The summed E-state index contributed by atoms with van der Waals surface area (Å²) in [6, 6.07) is -2.10. The van der Waals surface area contributed by atoms with Crippen LogP contribution in [-0.2, 0) is 9.53 Å². The molecule has 2 aliphatic rings. The first-order valence-electron chi connectivity index (χ1n) is 7.62. The van der Waals surface area contributed by atoms with Crippen molar-refractivity contribution in [3.05, 3.63) is 0 Å². The summed E-state index contributed by atoms with van der Waals surface area (Å²) >= 11 is 0. The van der Waals surface area contributed by atoms with Gasteiger partial charge in [-0.3, -0.25) is 9.69 Å². The summed E-state index contributed by atoms with van der Waals surface area (Å²) in [6.07, 6.45) is -4.03. The monoisotopic (exact) mass is 338 g/mol. The summed E-state index contributed by atoms with van der Waals surface area (Å²) in [6.45, 7) is 0.495. The van der Waals surface area contributed by atoms with Gasteiger partial charge in [-0.05, 0) is 32.2 Å². The SMILES string of the molecule is COC(=O)N1CC[C@H](C(=O)O)C[C@@H]1CN1CCC[C@@H]1C(F)(F)F. The zero-order valence-corrected chi connectivity index (χ0v) is 12.9.